The largest absolute Gasteiger partial charge is 0.573 e. The number of aromatic amines is 1. The molecule has 0 aliphatic heterocycles. The summed E-state index contributed by atoms with van der Waals surface area (Å²) in [6, 6.07) is 2.78. The third-order valence-electron chi connectivity index (χ3n) is 2.15. The molecule has 96 valence electrons. The van der Waals surface area contributed by atoms with Gasteiger partial charge < -0.3 is 14.8 Å². The summed E-state index contributed by atoms with van der Waals surface area (Å²) < 4.78 is 53.0. The van der Waals surface area contributed by atoms with Crippen LogP contribution in [0.25, 0.3) is 10.9 Å². The van der Waals surface area contributed by atoms with Crippen LogP contribution >= 0.6 is 0 Å². The van der Waals surface area contributed by atoms with Gasteiger partial charge in [-0.05, 0) is 12.1 Å². The van der Waals surface area contributed by atoms with Gasteiger partial charge in [-0.1, -0.05) is 0 Å². The number of aromatic nitrogens is 1. The quantitative estimate of drug-likeness (QED) is 0.819. The number of carboxylic acids is 1. The first kappa shape index (κ1) is 12.2. The molecule has 0 fully saturated rings. The molecule has 2 rings (SSSR count). The molecule has 0 amide bonds. The molecule has 8 heteroatoms. The summed E-state index contributed by atoms with van der Waals surface area (Å²) in [5, 5.41) is 8.52. The van der Waals surface area contributed by atoms with Gasteiger partial charge in [0.1, 0.15) is 5.75 Å². The predicted octanol–water partition coefficient (Wildman–Crippen LogP) is 2.90. The third-order valence-corrected chi connectivity index (χ3v) is 2.15. The summed E-state index contributed by atoms with van der Waals surface area (Å²) in [5.74, 6) is -3.13. The van der Waals surface area contributed by atoms with Gasteiger partial charge in [0.05, 0.1) is 5.52 Å². The minimum atomic E-state index is -4.87. The van der Waals surface area contributed by atoms with E-state index in [1.807, 2.05) is 0 Å². The number of fused-ring (bicyclic) bond motifs is 1. The van der Waals surface area contributed by atoms with Crippen molar-refractivity contribution in [3.05, 3.63) is 29.7 Å². The van der Waals surface area contributed by atoms with Crippen LogP contribution in [0.15, 0.2) is 18.2 Å². The van der Waals surface area contributed by atoms with Gasteiger partial charge >= 0.3 is 12.3 Å². The number of H-pyrrole nitrogens is 1. The Kier molecular flexibility index (Phi) is 2.64. The lowest BCUT2D eigenvalue weighted by atomic mass is 10.2. The Balaban J connectivity index is 2.49. The normalized spacial score (nSPS) is 11.8. The first-order valence-corrected chi connectivity index (χ1v) is 4.58. The SMILES string of the molecule is O=C(O)c1[nH]c2cc(OC(F)(F)F)ccc2c1F. The lowest BCUT2D eigenvalue weighted by molar-refractivity contribution is -0.274. The summed E-state index contributed by atoms with van der Waals surface area (Å²) in [4.78, 5) is 12.8. The van der Waals surface area contributed by atoms with Crippen molar-refractivity contribution in [2.45, 2.75) is 6.36 Å². The van der Waals surface area contributed by atoms with E-state index < -0.39 is 29.6 Å². The molecule has 0 spiro atoms. The van der Waals surface area contributed by atoms with Gasteiger partial charge in [0.2, 0.25) is 0 Å². The van der Waals surface area contributed by atoms with Crippen LogP contribution < -0.4 is 4.74 Å². The van der Waals surface area contributed by atoms with Crippen molar-refractivity contribution in [3.8, 4) is 5.75 Å². The first-order valence-electron chi connectivity index (χ1n) is 4.58. The maximum atomic E-state index is 13.5. The minimum Gasteiger partial charge on any atom is -0.476 e. The van der Waals surface area contributed by atoms with Crippen LogP contribution in [0.1, 0.15) is 10.5 Å². The maximum Gasteiger partial charge on any atom is 0.573 e. The average Bonchev–Trinajstić information content (AvgIpc) is 2.53. The second-order valence-corrected chi connectivity index (χ2v) is 3.37. The molecule has 0 radical (unpaired) electrons. The Morgan fingerprint density at radius 1 is 1.33 bits per heavy atom. The molecule has 1 aromatic heterocycles. The van der Waals surface area contributed by atoms with E-state index in [-0.39, 0.29) is 10.9 Å². The van der Waals surface area contributed by atoms with Gasteiger partial charge in [-0.15, -0.1) is 13.2 Å². The van der Waals surface area contributed by atoms with Crippen LogP contribution in [-0.2, 0) is 0 Å². The molecule has 1 aromatic carbocycles. The molecule has 18 heavy (non-hydrogen) atoms. The van der Waals surface area contributed by atoms with Gasteiger partial charge in [0.15, 0.2) is 11.5 Å². The number of nitrogens with one attached hydrogen (secondary N) is 1. The fraction of sp³-hybridized carbons (Fsp3) is 0.100. The second-order valence-electron chi connectivity index (χ2n) is 3.37. The van der Waals surface area contributed by atoms with Crippen molar-refractivity contribution >= 4 is 16.9 Å². The number of rotatable bonds is 2. The highest BCUT2D eigenvalue weighted by Crippen LogP contribution is 2.28. The first-order chi connectivity index (χ1) is 8.28. The second kappa shape index (κ2) is 3.90. The van der Waals surface area contributed by atoms with Gasteiger partial charge in [0, 0.05) is 11.5 Å². The molecule has 0 saturated heterocycles. The molecule has 0 bridgehead atoms. The Bertz CT molecular complexity index is 617. The van der Waals surface area contributed by atoms with Gasteiger partial charge in [-0.25, -0.2) is 9.18 Å². The van der Waals surface area contributed by atoms with Crippen LogP contribution in [0, 0.1) is 5.82 Å². The smallest absolute Gasteiger partial charge is 0.476 e. The van der Waals surface area contributed by atoms with E-state index in [0.29, 0.717) is 0 Å². The van der Waals surface area contributed by atoms with Crippen LogP contribution in [0.5, 0.6) is 5.75 Å². The minimum absolute atomic E-state index is 0.0911. The molecule has 2 aromatic rings. The van der Waals surface area contributed by atoms with Gasteiger partial charge in [-0.2, -0.15) is 0 Å². The Morgan fingerprint density at radius 3 is 2.56 bits per heavy atom. The van der Waals surface area contributed by atoms with Crippen molar-refractivity contribution in [2.75, 3.05) is 0 Å². The maximum absolute atomic E-state index is 13.5. The number of halogens is 4. The summed E-state index contributed by atoms with van der Waals surface area (Å²) in [6.07, 6.45) is -4.87. The van der Waals surface area contributed by atoms with Crippen LogP contribution in [-0.4, -0.2) is 22.4 Å². The number of carbonyl (C=O) groups is 1. The zero-order valence-electron chi connectivity index (χ0n) is 8.51. The Morgan fingerprint density at radius 2 is 2.00 bits per heavy atom. The number of hydrogen-bond acceptors (Lipinski definition) is 2. The van der Waals surface area contributed by atoms with E-state index in [9.17, 15) is 22.4 Å². The molecule has 0 aliphatic rings. The topological polar surface area (TPSA) is 62.3 Å². The predicted molar refractivity (Wildman–Crippen MR) is 51.9 cm³/mol. The Labute approximate surface area is 96.8 Å². The highest BCUT2D eigenvalue weighted by molar-refractivity contribution is 5.94. The van der Waals surface area contributed by atoms with E-state index in [1.165, 1.54) is 0 Å². The number of aromatic carboxylic acids is 1. The number of hydrogen-bond donors (Lipinski definition) is 2. The Hall–Kier alpha value is -2.25. The fourth-order valence-corrected chi connectivity index (χ4v) is 1.49. The van der Waals surface area contributed by atoms with Crippen molar-refractivity contribution in [1.82, 2.24) is 4.98 Å². The van der Waals surface area contributed by atoms with E-state index in [0.717, 1.165) is 18.2 Å². The molecule has 1 heterocycles. The molecule has 4 nitrogen and oxygen atoms in total. The van der Waals surface area contributed by atoms with Crippen molar-refractivity contribution in [2.24, 2.45) is 0 Å². The van der Waals surface area contributed by atoms with E-state index in [4.69, 9.17) is 5.11 Å². The number of alkyl halides is 3. The summed E-state index contributed by atoms with van der Waals surface area (Å²) in [5.41, 5.74) is -0.805. The molecule has 2 N–H and O–H groups in total. The monoisotopic (exact) mass is 263 g/mol. The standard InChI is InChI=1S/C10H5F4NO3/c11-7-5-2-1-4(18-10(12,13)14)3-6(5)15-8(7)9(16)17/h1-3,15H,(H,16,17). The molecule has 0 saturated carbocycles. The summed E-state index contributed by atoms with van der Waals surface area (Å²) in [6.45, 7) is 0. The van der Waals surface area contributed by atoms with Crippen molar-refractivity contribution < 1.29 is 32.2 Å². The van der Waals surface area contributed by atoms with Crippen LogP contribution in [0.2, 0.25) is 0 Å². The number of ether oxygens (including phenoxy) is 1. The van der Waals surface area contributed by atoms with Crippen molar-refractivity contribution in [1.29, 1.82) is 0 Å². The summed E-state index contributed by atoms with van der Waals surface area (Å²) in [7, 11) is 0. The zero-order valence-corrected chi connectivity index (χ0v) is 8.51. The van der Waals surface area contributed by atoms with Crippen LogP contribution in [0.4, 0.5) is 17.6 Å². The summed E-state index contributed by atoms with van der Waals surface area (Å²) >= 11 is 0. The van der Waals surface area contributed by atoms with E-state index in [1.54, 1.807) is 0 Å². The van der Waals surface area contributed by atoms with E-state index in [2.05, 4.69) is 9.72 Å². The lowest BCUT2D eigenvalue weighted by Crippen LogP contribution is -2.16. The van der Waals surface area contributed by atoms with Crippen molar-refractivity contribution in [3.63, 3.8) is 0 Å². The number of carboxylic acid groups (broad SMARTS) is 1. The number of benzene rings is 1. The average molecular weight is 263 g/mol. The molecule has 0 unspecified atom stereocenters. The third kappa shape index (κ3) is 2.22. The van der Waals surface area contributed by atoms with Crippen LogP contribution in [0.3, 0.4) is 0 Å². The van der Waals surface area contributed by atoms with E-state index >= 15 is 0 Å². The fourth-order valence-electron chi connectivity index (χ4n) is 1.49. The van der Waals surface area contributed by atoms with Gasteiger partial charge in [0.25, 0.3) is 0 Å². The molecular formula is C10H5F4NO3. The van der Waals surface area contributed by atoms with Gasteiger partial charge in [-0.3, -0.25) is 0 Å². The zero-order chi connectivity index (χ0) is 13.5. The molecular weight excluding hydrogens is 258 g/mol. The lowest BCUT2D eigenvalue weighted by Gasteiger charge is -2.08. The highest BCUT2D eigenvalue weighted by atomic mass is 19.4. The molecule has 0 aliphatic carbocycles. The molecule has 0 atom stereocenters. The highest BCUT2D eigenvalue weighted by Gasteiger charge is 2.31.